The Morgan fingerprint density at radius 1 is 1.62 bits per heavy atom. The van der Waals surface area contributed by atoms with Crippen LogP contribution in [0.3, 0.4) is 0 Å². The van der Waals surface area contributed by atoms with Crippen LogP contribution in [0, 0.1) is 0 Å². The van der Waals surface area contributed by atoms with E-state index < -0.39 is 5.97 Å². The molecule has 0 aliphatic heterocycles. The van der Waals surface area contributed by atoms with Gasteiger partial charge in [0, 0.05) is 11.3 Å². The zero-order valence-corrected chi connectivity index (χ0v) is 10.2. The Kier molecular flexibility index (Phi) is 5.11. The Morgan fingerprint density at radius 2 is 2.38 bits per heavy atom. The van der Waals surface area contributed by atoms with Gasteiger partial charge in [0.2, 0.25) is 5.88 Å². The molecule has 4 nitrogen and oxygen atoms in total. The maximum Gasteiger partial charge on any atom is 0.304 e. The van der Waals surface area contributed by atoms with Crippen LogP contribution in [0.1, 0.15) is 20.3 Å². The van der Waals surface area contributed by atoms with Gasteiger partial charge in [0.15, 0.2) is 0 Å². The predicted molar refractivity (Wildman–Crippen MR) is 63.0 cm³/mol. The average molecular weight is 241 g/mol. The molecule has 0 radical (unpaired) electrons. The number of hydrogen-bond donors (Lipinski definition) is 1. The maximum atomic E-state index is 10.5. The lowest BCUT2D eigenvalue weighted by atomic mass is 10.3. The van der Waals surface area contributed by atoms with Gasteiger partial charge in [-0.3, -0.25) is 4.79 Å². The van der Waals surface area contributed by atoms with Crippen molar-refractivity contribution in [3.63, 3.8) is 0 Å². The first-order valence-electron chi connectivity index (χ1n) is 5.10. The van der Waals surface area contributed by atoms with Crippen LogP contribution in [-0.4, -0.2) is 27.9 Å². The predicted octanol–water partition coefficient (Wildman–Crippen LogP) is 2.44. The molecule has 0 aliphatic carbocycles. The second kappa shape index (κ2) is 6.37. The number of carboxylic acid groups (broad SMARTS) is 1. The molecule has 88 valence electrons. The van der Waals surface area contributed by atoms with Gasteiger partial charge in [-0.15, -0.1) is 11.8 Å². The van der Waals surface area contributed by atoms with Crippen LogP contribution in [0.2, 0.25) is 0 Å². The Morgan fingerprint density at radius 3 is 3.00 bits per heavy atom. The number of hydrogen-bond acceptors (Lipinski definition) is 4. The summed E-state index contributed by atoms with van der Waals surface area (Å²) < 4.78 is 5.27. The molecule has 5 heteroatoms. The number of nitrogens with zero attached hydrogens (tertiary/aromatic N) is 1. The third kappa shape index (κ3) is 4.53. The van der Waals surface area contributed by atoms with Crippen molar-refractivity contribution in [3.8, 4) is 5.88 Å². The van der Waals surface area contributed by atoms with Crippen LogP contribution in [-0.2, 0) is 4.79 Å². The van der Waals surface area contributed by atoms with E-state index in [1.807, 2.05) is 26.0 Å². The number of rotatable bonds is 6. The summed E-state index contributed by atoms with van der Waals surface area (Å²) in [6, 6.07) is 5.49. The third-order valence-electron chi connectivity index (χ3n) is 1.77. The topological polar surface area (TPSA) is 59.4 Å². The molecule has 1 heterocycles. The van der Waals surface area contributed by atoms with E-state index in [9.17, 15) is 4.79 Å². The largest absolute Gasteiger partial charge is 0.481 e. The van der Waals surface area contributed by atoms with E-state index in [1.165, 1.54) is 11.8 Å². The minimum Gasteiger partial charge on any atom is -0.481 e. The second-order valence-corrected chi connectivity index (χ2v) is 4.73. The molecule has 1 N–H and O–H groups in total. The molecule has 0 amide bonds. The molecular formula is C11H15NO3S. The molecule has 0 fully saturated rings. The summed E-state index contributed by atoms with van der Waals surface area (Å²) in [6.45, 7) is 4.34. The van der Waals surface area contributed by atoms with Gasteiger partial charge in [-0.2, -0.15) is 0 Å². The van der Waals surface area contributed by atoms with Crippen molar-refractivity contribution in [1.29, 1.82) is 0 Å². The first-order chi connectivity index (χ1) is 7.61. The molecule has 0 aliphatic rings. The summed E-state index contributed by atoms with van der Waals surface area (Å²) in [5, 5.41) is 9.44. The maximum absolute atomic E-state index is 10.5. The van der Waals surface area contributed by atoms with Gasteiger partial charge in [-0.25, -0.2) is 4.98 Å². The van der Waals surface area contributed by atoms with Crippen molar-refractivity contribution < 1.29 is 14.6 Å². The van der Waals surface area contributed by atoms with E-state index in [4.69, 9.17) is 9.84 Å². The van der Waals surface area contributed by atoms with Crippen LogP contribution >= 0.6 is 11.8 Å². The Bertz CT molecular complexity index is 357. The van der Waals surface area contributed by atoms with Crippen molar-refractivity contribution in [3.05, 3.63) is 18.2 Å². The number of ether oxygens (including phenoxy) is 1. The summed E-state index contributed by atoms with van der Waals surface area (Å²) in [7, 11) is 0. The van der Waals surface area contributed by atoms with Crippen LogP contribution in [0.5, 0.6) is 5.88 Å². The Hall–Kier alpha value is -1.23. The zero-order chi connectivity index (χ0) is 12.0. The number of carboxylic acids is 1. The van der Waals surface area contributed by atoms with E-state index in [0.717, 1.165) is 5.03 Å². The fourth-order valence-electron chi connectivity index (χ4n) is 1.18. The summed E-state index contributed by atoms with van der Waals surface area (Å²) in [4.78, 5) is 14.8. The molecule has 1 aromatic heterocycles. The highest BCUT2D eigenvalue weighted by Crippen LogP contribution is 2.24. The van der Waals surface area contributed by atoms with Gasteiger partial charge in [-0.05, 0) is 13.0 Å². The van der Waals surface area contributed by atoms with Crippen LogP contribution < -0.4 is 4.74 Å². The van der Waals surface area contributed by atoms with Crippen molar-refractivity contribution in [1.82, 2.24) is 4.98 Å². The fourth-order valence-corrected chi connectivity index (χ4v) is 2.12. The lowest BCUT2D eigenvalue weighted by molar-refractivity contribution is -0.136. The average Bonchev–Trinajstić information content (AvgIpc) is 2.17. The molecule has 0 aromatic carbocycles. The second-order valence-electron chi connectivity index (χ2n) is 3.27. The van der Waals surface area contributed by atoms with E-state index in [-0.39, 0.29) is 11.7 Å². The van der Waals surface area contributed by atoms with Crippen molar-refractivity contribution in [2.24, 2.45) is 0 Å². The summed E-state index contributed by atoms with van der Waals surface area (Å²) in [6.07, 6.45) is 0.130. The van der Waals surface area contributed by atoms with E-state index in [2.05, 4.69) is 4.98 Å². The van der Waals surface area contributed by atoms with Crippen molar-refractivity contribution in [2.75, 3.05) is 6.61 Å². The minimum absolute atomic E-state index is 0.00174. The molecule has 0 saturated heterocycles. The van der Waals surface area contributed by atoms with Gasteiger partial charge in [-0.1, -0.05) is 13.0 Å². The molecule has 1 aromatic rings. The van der Waals surface area contributed by atoms with Crippen LogP contribution in [0.25, 0.3) is 0 Å². The quantitative estimate of drug-likeness (QED) is 0.775. The number of pyridine rings is 1. The van der Waals surface area contributed by atoms with Crippen molar-refractivity contribution in [2.45, 2.75) is 30.5 Å². The molecule has 0 saturated carbocycles. The van der Waals surface area contributed by atoms with Gasteiger partial charge < -0.3 is 9.84 Å². The van der Waals surface area contributed by atoms with E-state index >= 15 is 0 Å². The monoisotopic (exact) mass is 241 g/mol. The molecule has 16 heavy (non-hydrogen) atoms. The number of carbonyl (C=O) groups is 1. The Labute approximate surface area is 99.0 Å². The molecule has 0 spiro atoms. The zero-order valence-electron chi connectivity index (χ0n) is 9.34. The summed E-state index contributed by atoms with van der Waals surface area (Å²) in [5.41, 5.74) is 0. The highest BCUT2D eigenvalue weighted by molar-refractivity contribution is 7.99. The highest BCUT2D eigenvalue weighted by atomic mass is 32.2. The van der Waals surface area contributed by atoms with Crippen molar-refractivity contribution >= 4 is 17.7 Å². The van der Waals surface area contributed by atoms with Gasteiger partial charge in [0.05, 0.1) is 13.0 Å². The van der Waals surface area contributed by atoms with Crippen LogP contribution in [0.15, 0.2) is 23.2 Å². The molecule has 0 bridgehead atoms. The lowest BCUT2D eigenvalue weighted by Crippen LogP contribution is -2.05. The molecule has 1 rings (SSSR count). The smallest absolute Gasteiger partial charge is 0.304 e. The molecule has 1 atom stereocenters. The first-order valence-corrected chi connectivity index (χ1v) is 5.98. The minimum atomic E-state index is -0.791. The van der Waals surface area contributed by atoms with Crippen LogP contribution in [0.4, 0.5) is 0 Å². The van der Waals surface area contributed by atoms with E-state index in [1.54, 1.807) is 6.07 Å². The molecular weight excluding hydrogens is 226 g/mol. The van der Waals surface area contributed by atoms with Gasteiger partial charge >= 0.3 is 5.97 Å². The van der Waals surface area contributed by atoms with Gasteiger partial charge in [0.25, 0.3) is 0 Å². The first kappa shape index (κ1) is 12.8. The number of thioether (sulfide) groups is 1. The normalized spacial score (nSPS) is 12.1. The standard InChI is InChI=1S/C11H15NO3S/c1-3-15-9-5-4-6-10(12-9)16-8(2)7-11(13)14/h4-6,8H,3,7H2,1-2H3,(H,13,14). The Balaban J connectivity index is 2.59. The lowest BCUT2D eigenvalue weighted by Gasteiger charge is -2.08. The summed E-state index contributed by atoms with van der Waals surface area (Å²) in [5.74, 6) is -0.212. The molecule has 1 unspecified atom stereocenters. The summed E-state index contributed by atoms with van der Waals surface area (Å²) >= 11 is 1.44. The SMILES string of the molecule is CCOc1cccc(SC(C)CC(=O)O)n1. The number of aromatic nitrogens is 1. The number of aliphatic carboxylic acids is 1. The van der Waals surface area contributed by atoms with Gasteiger partial charge in [0.1, 0.15) is 5.03 Å². The third-order valence-corrected chi connectivity index (χ3v) is 2.81. The fraction of sp³-hybridized carbons (Fsp3) is 0.455. The highest BCUT2D eigenvalue weighted by Gasteiger charge is 2.10. The van der Waals surface area contributed by atoms with E-state index in [0.29, 0.717) is 12.5 Å².